The number of hydrogen-bond donors (Lipinski definition) is 1. The molecular formula is C30H32N4O6. The van der Waals surface area contributed by atoms with Crippen LogP contribution in [0.5, 0.6) is 11.5 Å². The lowest BCUT2D eigenvalue weighted by Crippen LogP contribution is -2.47. The molecule has 1 aromatic heterocycles. The van der Waals surface area contributed by atoms with Gasteiger partial charge in [-0.25, -0.2) is 4.98 Å². The van der Waals surface area contributed by atoms with Crippen LogP contribution < -0.4 is 14.8 Å². The minimum Gasteiger partial charge on any atom is -0.494 e. The molecule has 1 N–H and O–H groups in total. The lowest BCUT2D eigenvalue weighted by Gasteiger charge is -2.25. The van der Waals surface area contributed by atoms with Gasteiger partial charge in [0.2, 0.25) is 5.91 Å². The maximum absolute atomic E-state index is 13.6. The number of aromatic nitrogens is 1. The van der Waals surface area contributed by atoms with Crippen molar-refractivity contribution in [2.75, 3.05) is 39.4 Å². The Morgan fingerprint density at radius 1 is 1.00 bits per heavy atom. The van der Waals surface area contributed by atoms with Crippen LogP contribution in [0, 0.1) is 6.92 Å². The summed E-state index contributed by atoms with van der Waals surface area (Å²) in [7, 11) is 0. The van der Waals surface area contributed by atoms with E-state index in [9.17, 15) is 14.4 Å². The van der Waals surface area contributed by atoms with Crippen molar-refractivity contribution in [1.29, 1.82) is 0 Å². The SMILES string of the molecule is Cc1ocnc1C(=O)N1CCCCOc2cccc(c2)[C@H]2CN(C(=O)c3ccc4c(c3)CCO4)C[C@@H]2NC(=O)C1. The summed E-state index contributed by atoms with van der Waals surface area (Å²) in [4.78, 5) is 47.6. The molecule has 0 unspecified atom stereocenters. The Labute approximate surface area is 232 Å². The number of ether oxygens (including phenoxy) is 2. The van der Waals surface area contributed by atoms with E-state index in [-0.39, 0.29) is 41.9 Å². The van der Waals surface area contributed by atoms with Gasteiger partial charge >= 0.3 is 0 Å². The fourth-order valence-electron chi connectivity index (χ4n) is 5.72. The second-order valence-corrected chi connectivity index (χ2v) is 10.5. The molecule has 2 atom stereocenters. The fraction of sp³-hybridized carbons (Fsp3) is 0.400. The van der Waals surface area contributed by atoms with E-state index in [2.05, 4.69) is 10.3 Å². The number of rotatable bonds is 2. The molecule has 4 heterocycles. The van der Waals surface area contributed by atoms with E-state index >= 15 is 0 Å². The highest BCUT2D eigenvalue weighted by atomic mass is 16.5. The number of oxazole rings is 1. The molecule has 1 saturated heterocycles. The predicted molar refractivity (Wildman–Crippen MR) is 145 cm³/mol. The van der Waals surface area contributed by atoms with Gasteiger partial charge in [0.1, 0.15) is 17.3 Å². The normalized spacial score (nSPS) is 21.0. The lowest BCUT2D eigenvalue weighted by molar-refractivity contribution is -0.122. The molecule has 3 amide bonds. The average molecular weight is 545 g/mol. The Morgan fingerprint density at radius 3 is 2.75 bits per heavy atom. The Hall–Kier alpha value is -4.34. The molecule has 10 heteroatoms. The van der Waals surface area contributed by atoms with Crippen LogP contribution in [0.1, 0.15) is 56.5 Å². The minimum atomic E-state index is -0.347. The van der Waals surface area contributed by atoms with Crippen LogP contribution in [0.25, 0.3) is 0 Å². The van der Waals surface area contributed by atoms with Crippen molar-refractivity contribution in [3.05, 3.63) is 77.0 Å². The van der Waals surface area contributed by atoms with Crippen LogP contribution in [0.4, 0.5) is 0 Å². The van der Waals surface area contributed by atoms with Crippen LogP contribution in [0.3, 0.4) is 0 Å². The molecule has 0 saturated carbocycles. The molecule has 1 fully saturated rings. The highest BCUT2D eigenvalue weighted by Crippen LogP contribution is 2.32. The Bertz CT molecular complexity index is 1440. The summed E-state index contributed by atoms with van der Waals surface area (Å²) >= 11 is 0. The lowest BCUT2D eigenvalue weighted by atomic mass is 9.94. The summed E-state index contributed by atoms with van der Waals surface area (Å²) < 4.78 is 16.8. The summed E-state index contributed by atoms with van der Waals surface area (Å²) in [5, 5.41) is 3.13. The first-order valence-electron chi connectivity index (χ1n) is 13.7. The molecule has 208 valence electrons. The Balaban J connectivity index is 1.26. The second-order valence-electron chi connectivity index (χ2n) is 10.5. The van der Waals surface area contributed by atoms with Gasteiger partial charge in [0, 0.05) is 37.5 Å². The molecule has 10 nitrogen and oxygen atoms in total. The maximum Gasteiger partial charge on any atom is 0.276 e. The van der Waals surface area contributed by atoms with Gasteiger partial charge in [-0.2, -0.15) is 0 Å². The molecule has 6 rings (SSSR count). The summed E-state index contributed by atoms with van der Waals surface area (Å²) in [6.07, 6.45) is 3.40. The molecule has 40 heavy (non-hydrogen) atoms. The fourth-order valence-corrected chi connectivity index (χ4v) is 5.72. The molecule has 3 aliphatic heterocycles. The summed E-state index contributed by atoms with van der Waals surface area (Å²) in [6, 6.07) is 13.1. The van der Waals surface area contributed by atoms with Crippen molar-refractivity contribution < 1.29 is 28.3 Å². The first-order valence-corrected chi connectivity index (χ1v) is 13.7. The number of hydrogen-bond acceptors (Lipinski definition) is 7. The number of likely N-dealkylation sites (tertiary alicyclic amines) is 1. The number of amides is 3. The van der Waals surface area contributed by atoms with Crippen LogP contribution >= 0.6 is 0 Å². The van der Waals surface area contributed by atoms with Gasteiger partial charge in [0.15, 0.2) is 12.1 Å². The number of fused-ring (bicyclic) bond motifs is 5. The molecule has 3 aliphatic rings. The van der Waals surface area contributed by atoms with Gasteiger partial charge < -0.3 is 29.0 Å². The van der Waals surface area contributed by atoms with Crippen molar-refractivity contribution in [3.8, 4) is 11.5 Å². The Morgan fingerprint density at radius 2 is 1.90 bits per heavy atom. The monoisotopic (exact) mass is 544 g/mol. The zero-order valence-electron chi connectivity index (χ0n) is 22.4. The quantitative estimate of drug-likeness (QED) is 0.528. The highest BCUT2D eigenvalue weighted by Gasteiger charge is 2.38. The van der Waals surface area contributed by atoms with Gasteiger partial charge in [-0.3, -0.25) is 14.4 Å². The zero-order valence-corrected chi connectivity index (χ0v) is 22.4. The van der Waals surface area contributed by atoms with E-state index in [1.54, 1.807) is 17.9 Å². The Kier molecular flexibility index (Phi) is 7.15. The van der Waals surface area contributed by atoms with E-state index < -0.39 is 0 Å². The summed E-state index contributed by atoms with van der Waals surface area (Å²) in [5.41, 5.74) is 2.84. The van der Waals surface area contributed by atoms with Crippen molar-refractivity contribution in [2.45, 2.75) is 38.1 Å². The van der Waals surface area contributed by atoms with Crippen molar-refractivity contribution in [2.24, 2.45) is 0 Å². The van der Waals surface area contributed by atoms with Gasteiger partial charge in [-0.1, -0.05) is 12.1 Å². The molecule has 0 spiro atoms. The number of benzene rings is 2. The maximum atomic E-state index is 13.6. The highest BCUT2D eigenvalue weighted by molar-refractivity contribution is 5.96. The molecular weight excluding hydrogens is 512 g/mol. The second kappa shape index (κ2) is 11.0. The van der Waals surface area contributed by atoms with Crippen LogP contribution in [-0.2, 0) is 11.2 Å². The summed E-state index contributed by atoms with van der Waals surface area (Å²) in [5.74, 6) is 1.14. The van der Waals surface area contributed by atoms with E-state index in [4.69, 9.17) is 13.9 Å². The third-order valence-corrected chi connectivity index (χ3v) is 7.84. The number of carbonyl (C=O) groups is 3. The van der Waals surface area contributed by atoms with Crippen molar-refractivity contribution >= 4 is 17.7 Å². The van der Waals surface area contributed by atoms with Gasteiger partial charge in [-0.15, -0.1) is 0 Å². The van der Waals surface area contributed by atoms with Gasteiger partial charge in [-0.05, 0) is 61.2 Å². The first-order chi connectivity index (χ1) is 19.5. The average Bonchev–Trinajstić information content (AvgIpc) is 3.70. The smallest absolute Gasteiger partial charge is 0.276 e. The third kappa shape index (κ3) is 5.25. The zero-order chi connectivity index (χ0) is 27.6. The number of nitrogens with zero attached hydrogens (tertiary/aromatic N) is 3. The van der Waals surface area contributed by atoms with E-state index in [1.165, 1.54) is 11.3 Å². The van der Waals surface area contributed by atoms with E-state index in [0.29, 0.717) is 57.0 Å². The molecule has 0 aliphatic carbocycles. The molecule has 2 aromatic carbocycles. The summed E-state index contributed by atoms with van der Waals surface area (Å²) in [6.45, 7) is 3.85. The van der Waals surface area contributed by atoms with Crippen molar-refractivity contribution in [3.63, 3.8) is 0 Å². The largest absolute Gasteiger partial charge is 0.494 e. The molecule has 0 radical (unpaired) electrons. The van der Waals surface area contributed by atoms with Gasteiger partial charge in [0.05, 0.1) is 25.8 Å². The third-order valence-electron chi connectivity index (χ3n) is 7.84. The molecule has 3 aromatic rings. The van der Waals surface area contributed by atoms with Crippen molar-refractivity contribution in [1.82, 2.24) is 20.1 Å². The van der Waals surface area contributed by atoms with Crippen LogP contribution in [0.15, 0.2) is 53.3 Å². The standard InChI is InChI=1S/C30H32N4O6/c1-19-28(31-18-40-19)30(37)33-10-2-3-11-38-23-6-4-5-20(14-23)24-15-34(16-25(24)32-27(35)17-33)29(36)22-7-8-26-21(13-22)9-12-39-26/h4-8,13-14,18,24-25H,2-3,9-12,15-17H2,1H3,(H,32,35)/t24-,25+/m1/s1. The van der Waals surface area contributed by atoms with Crippen LogP contribution in [0.2, 0.25) is 0 Å². The van der Waals surface area contributed by atoms with E-state index in [0.717, 1.165) is 29.0 Å². The minimum absolute atomic E-state index is 0.0833. The number of nitrogens with one attached hydrogen (secondary N) is 1. The molecule has 2 bridgehead atoms. The van der Waals surface area contributed by atoms with E-state index in [1.807, 2.05) is 36.4 Å². The number of aryl methyl sites for hydroxylation is 1. The van der Waals surface area contributed by atoms with Gasteiger partial charge in [0.25, 0.3) is 11.8 Å². The topological polar surface area (TPSA) is 114 Å². The number of carbonyl (C=O) groups excluding carboxylic acids is 3. The first kappa shape index (κ1) is 25.9. The van der Waals surface area contributed by atoms with Crippen LogP contribution in [-0.4, -0.2) is 77.9 Å². The predicted octanol–water partition coefficient (Wildman–Crippen LogP) is 2.96.